The molecule has 2 saturated heterocycles. The van der Waals surface area contributed by atoms with Crippen LogP contribution in [0.4, 0.5) is 0 Å². The van der Waals surface area contributed by atoms with Crippen LogP contribution in [0.1, 0.15) is 37.2 Å². The molecule has 2 bridgehead atoms. The Hall–Kier alpha value is -0.121. The summed E-state index contributed by atoms with van der Waals surface area (Å²) in [6.07, 6.45) is 4.14. The van der Waals surface area contributed by atoms with Crippen molar-refractivity contribution in [2.24, 2.45) is 5.92 Å². The third-order valence-electron chi connectivity index (χ3n) is 6.86. The van der Waals surface area contributed by atoms with Crippen LogP contribution in [0.2, 0.25) is 0 Å². The van der Waals surface area contributed by atoms with E-state index < -0.39 is 0 Å². The van der Waals surface area contributed by atoms with Crippen LogP contribution in [-0.2, 0) is 60.4 Å². The predicted octanol–water partition coefficient (Wildman–Crippen LogP) is 2.83. The van der Waals surface area contributed by atoms with Crippen LogP contribution in [0.25, 0.3) is 5.32 Å². The van der Waals surface area contributed by atoms with Gasteiger partial charge in [0.05, 0.1) is 12.5 Å². The van der Waals surface area contributed by atoms with Gasteiger partial charge in [0, 0.05) is 24.5 Å². The minimum absolute atomic E-state index is 0. The zero-order valence-electron chi connectivity index (χ0n) is 19.4. The minimum Gasteiger partial charge on any atom is -2.00 e. The van der Waals surface area contributed by atoms with E-state index in [0.29, 0.717) is 30.2 Å². The predicted molar refractivity (Wildman–Crippen MR) is 132 cm³/mol. The topological polar surface area (TPSA) is 75.4 Å². The number of carbonyl (C=O) groups is 1. The number of hydrogen-bond acceptors (Lipinski definition) is 6. The Balaban J connectivity index is 0.00000272. The van der Waals surface area contributed by atoms with Gasteiger partial charge in [-0.3, -0.25) is 9.69 Å². The van der Waals surface area contributed by atoms with Gasteiger partial charge in [-0.15, -0.1) is 6.54 Å². The molecule has 0 spiro atoms. The summed E-state index contributed by atoms with van der Waals surface area (Å²) in [7, 11) is 2.17. The van der Waals surface area contributed by atoms with Gasteiger partial charge in [0.1, 0.15) is 0 Å². The van der Waals surface area contributed by atoms with E-state index in [9.17, 15) is 4.79 Å². The van der Waals surface area contributed by atoms with Gasteiger partial charge >= 0.3 is 26.1 Å². The first kappa shape index (κ1) is 30.9. The van der Waals surface area contributed by atoms with E-state index in [4.69, 9.17) is 30.0 Å². The number of esters is 1. The smallest absolute Gasteiger partial charge is 2.00 e. The molecular formula is C24H36N3O3S2Tc. The third kappa shape index (κ3) is 8.80. The summed E-state index contributed by atoms with van der Waals surface area (Å²) in [6.45, 7) is 4.66. The van der Waals surface area contributed by atoms with Crippen molar-refractivity contribution < 1.29 is 35.1 Å². The molecule has 1 aromatic carbocycles. The normalized spacial score (nSPS) is 24.2. The summed E-state index contributed by atoms with van der Waals surface area (Å²) in [5.74, 6) is 1.54. The van der Waals surface area contributed by atoms with Crippen molar-refractivity contribution in [2.75, 3.05) is 57.9 Å². The van der Waals surface area contributed by atoms with Crippen molar-refractivity contribution in [1.82, 2.24) is 9.80 Å². The summed E-state index contributed by atoms with van der Waals surface area (Å²) < 4.78 is 5.85. The largest absolute Gasteiger partial charge is 5.00 e. The first-order valence-corrected chi connectivity index (χ1v) is 12.8. The monoisotopic (exact) mass is 577 g/mol. The van der Waals surface area contributed by atoms with Crippen molar-refractivity contribution in [2.45, 2.75) is 43.7 Å². The number of rotatable bonds is 13. The molecule has 3 rings (SSSR count). The van der Waals surface area contributed by atoms with Gasteiger partial charge in [0.25, 0.3) is 0 Å². The van der Waals surface area contributed by atoms with Gasteiger partial charge in [0.15, 0.2) is 0 Å². The zero-order valence-corrected chi connectivity index (χ0v) is 22.9. The summed E-state index contributed by atoms with van der Waals surface area (Å²) >= 11 is 10.1. The molecule has 6 nitrogen and oxygen atoms in total. The van der Waals surface area contributed by atoms with Crippen molar-refractivity contribution in [3.63, 3.8) is 0 Å². The van der Waals surface area contributed by atoms with Crippen molar-refractivity contribution in [3.05, 3.63) is 41.2 Å². The van der Waals surface area contributed by atoms with Crippen LogP contribution in [0.5, 0.6) is 0 Å². The maximum Gasteiger partial charge on any atom is 5.00 e. The molecule has 9 heteroatoms. The van der Waals surface area contributed by atoms with Gasteiger partial charge in [-0.1, -0.05) is 30.3 Å². The number of benzene rings is 1. The average molecular weight is 578 g/mol. The van der Waals surface area contributed by atoms with E-state index in [1.54, 1.807) is 0 Å². The zero-order chi connectivity index (χ0) is 22.1. The van der Waals surface area contributed by atoms with Crippen LogP contribution in [0, 0.1) is 5.92 Å². The van der Waals surface area contributed by atoms with Crippen LogP contribution in [-0.4, -0.2) is 85.7 Å². The molecule has 1 aromatic rings. The number of hydrogen-bond donors (Lipinski definition) is 0. The number of piperidine rings is 1. The van der Waals surface area contributed by atoms with E-state index in [2.05, 4.69) is 46.4 Å². The quantitative estimate of drug-likeness (QED) is 0.204. The maximum atomic E-state index is 13.2. The number of fused-ring (bicyclic) bond motifs is 2. The molecule has 0 saturated carbocycles. The molecule has 0 N–H and O–H groups in total. The van der Waals surface area contributed by atoms with Gasteiger partial charge in [0.2, 0.25) is 0 Å². The molecule has 0 radical (unpaired) electrons. The molecule has 2 heterocycles. The molecule has 33 heavy (non-hydrogen) atoms. The van der Waals surface area contributed by atoms with Crippen molar-refractivity contribution in [3.8, 4) is 0 Å². The summed E-state index contributed by atoms with van der Waals surface area (Å²) in [5.41, 5.74) is 1.27. The van der Waals surface area contributed by atoms with E-state index >= 15 is 0 Å². The molecule has 2 aliphatic rings. The fourth-order valence-electron chi connectivity index (χ4n) is 5.24. The maximum absolute atomic E-state index is 13.2. The molecular weight excluding hydrogens is 541 g/mol. The Kier molecular flexibility index (Phi) is 15.5. The summed E-state index contributed by atoms with van der Waals surface area (Å²) in [5, 5.41) is 4.43. The third-order valence-corrected chi connectivity index (χ3v) is 7.23. The molecule has 2 aliphatic heterocycles. The van der Waals surface area contributed by atoms with Gasteiger partial charge < -0.3 is 45.7 Å². The number of carbonyl (C=O) groups excluding carboxylic acids is 1. The average Bonchev–Trinajstić information content (AvgIpc) is 3.01. The van der Waals surface area contributed by atoms with E-state index in [-0.39, 0.29) is 43.4 Å². The van der Waals surface area contributed by atoms with Crippen LogP contribution in [0.15, 0.2) is 30.3 Å². The standard InChI is InChI=1S/C24H38N3O2S2.O.Tc/c1-26-20-8-9-22(26)23(21(18-20)19-6-3-2-4-7-19)24(28)29-15-5-12-27(14-17-31)13-10-25-11-16-30;;/h2-4,6-7,20-23,30-31H,5,8-18H2,1H3;;/q-1;-2;+5/p-2/i;;1+1. The molecule has 4 unspecified atom stereocenters. The Morgan fingerprint density at radius 1 is 1.12 bits per heavy atom. The summed E-state index contributed by atoms with van der Waals surface area (Å²) in [6, 6.07) is 11.4. The Morgan fingerprint density at radius 2 is 1.88 bits per heavy atom. The van der Waals surface area contributed by atoms with Crippen LogP contribution < -0.4 is 0 Å². The fourth-order valence-corrected chi connectivity index (χ4v) is 5.63. The van der Waals surface area contributed by atoms with Gasteiger partial charge in [-0.05, 0) is 51.4 Å². The van der Waals surface area contributed by atoms with Crippen molar-refractivity contribution in [1.29, 1.82) is 0 Å². The van der Waals surface area contributed by atoms with E-state index in [0.717, 1.165) is 52.0 Å². The molecule has 4 atom stereocenters. The van der Waals surface area contributed by atoms with Crippen LogP contribution >= 0.6 is 0 Å². The SMILES string of the molecule is CN1C2CCC1C(C(=O)OCCCN(CC[S-])CC[N-]CC[S-])C(c1ccccc1)C2.[99Tc+5].[O-2]. The van der Waals surface area contributed by atoms with Crippen molar-refractivity contribution >= 4 is 31.2 Å². The Bertz CT molecular complexity index is 674. The number of ether oxygens (including phenoxy) is 1. The molecule has 2 fully saturated rings. The second-order valence-electron chi connectivity index (χ2n) is 8.68. The fraction of sp³-hybridized carbons (Fsp3) is 0.708. The molecule has 0 amide bonds. The van der Waals surface area contributed by atoms with E-state index in [1.165, 1.54) is 12.0 Å². The molecule has 184 valence electrons. The van der Waals surface area contributed by atoms with Gasteiger partial charge in [-0.25, -0.2) is 0 Å². The summed E-state index contributed by atoms with van der Waals surface area (Å²) in [4.78, 5) is 18.0. The Morgan fingerprint density at radius 3 is 2.58 bits per heavy atom. The second kappa shape index (κ2) is 16.5. The first-order valence-electron chi connectivity index (χ1n) is 11.6. The van der Waals surface area contributed by atoms with Gasteiger partial charge in [-0.2, -0.15) is 18.1 Å². The molecule has 0 aromatic heterocycles. The Labute approximate surface area is 224 Å². The minimum atomic E-state index is -0.0768. The second-order valence-corrected chi connectivity index (χ2v) is 9.50. The number of nitrogens with zero attached hydrogens (tertiary/aromatic N) is 3. The first-order chi connectivity index (χ1) is 15.2. The molecule has 0 aliphatic carbocycles. The van der Waals surface area contributed by atoms with E-state index in [1.807, 2.05) is 6.07 Å². The van der Waals surface area contributed by atoms with Crippen LogP contribution in [0.3, 0.4) is 0 Å².